The fraction of sp³-hybridized carbons (Fsp3) is 0.364. The van der Waals surface area contributed by atoms with Gasteiger partial charge in [0.25, 0.3) is 0 Å². The normalized spacial score (nSPS) is 16.8. The summed E-state index contributed by atoms with van der Waals surface area (Å²) in [6.07, 6.45) is 1.31. The molecule has 1 aliphatic rings. The van der Waals surface area contributed by atoms with Crippen molar-refractivity contribution in [3.8, 4) is 0 Å². The lowest BCUT2D eigenvalue weighted by molar-refractivity contribution is -0.136. The van der Waals surface area contributed by atoms with Crippen LogP contribution in [0.25, 0.3) is 0 Å². The van der Waals surface area contributed by atoms with E-state index in [4.69, 9.17) is 11.6 Å². The number of anilines is 1. The van der Waals surface area contributed by atoms with Crippen molar-refractivity contribution in [3.63, 3.8) is 0 Å². The van der Waals surface area contributed by atoms with Crippen LogP contribution in [0.4, 0.5) is 5.69 Å². The van der Waals surface area contributed by atoms with Crippen molar-refractivity contribution in [1.82, 2.24) is 9.62 Å². The van der Waals surface area contributed by atoms with E-state index in [0.29, 0.717) is 46.1 Å². The molecule has 0 aliphatic carbocycles. The molecule has 7 nitrogen and oxygen atoms in total. The largest absolute Gasteiger partial charge is 0.346 e. The van der Waals surface area contributed by atoms with E-state index in [1.54, 1.807) is 38.1 Å². The Balaban J connectivity index is 1.67. The minimum Gasteiger partial charge on any atom is -0.346 e. The molecular weight excluding hydrogens is 438 g/mol. The molecule has 0 bridgehead atoms. The zero-order valence-corrected chi connectivity index (χ0v) is 19.3. The average molecular weight is 464 g/mol. The number of amides is 2. The Morgan fingerprint density at radius 3 is 2.29 bits per heavy atom. The molecule has 0 aromatic heterocycles. The molecule has 1 atom stereocenters. The first-order valence-electron chi connectivity index (χ1n) is 10.0. The number of carbonyl (C=O) groups is 2. The van der Waals surface area contributed by atoms with Crippen molar-refractivity contribution in [2.24, 2.45) is 0 Å². The monoisotopic (exact) mass is 463 g/mol. The summed E-state index contributed by atoms with van der Waals surface area (Å²) in [6, 6.07) is 9.69. The first-order valence-corrected chi connectivity index (χ1v) is 11.9. The van der Waals surface area contributed by atoms with E-state index in [2.05, 4.69) is 10.6 Å². The molecule has 2 amide bonds. The van der Waals surface area contributed by atoms with Gasteiger partial charge in [-0.05, 0) is 69.0 Å². The van der Waals surface area contributed by atoms with Crippen molar-refractivity contribution in [3.05, 3.63) is 58.1 Å². The molecule has 0 unspecified atom stereocenters. The Bertz CT molecular complexity index is 1080. The van der Waals surface area contributed by atoms with Gasteiger partial charge in [-0.2, -0.15) is 4.31 Å². The zero-order valence-electron chi connectivity index (χ0n) is 17.7. The van der Waals surface area contributed by atoms with Gasteiger partial charge < -0.3 is 10.6 Å². The van der Waals surface area contributed by atoms with E-state index >= 15 is 0 Å². The van der Waals surface area contributed by atoms with E-state index in [1.807, 2.05) is 19.1 Å². The smallest absolute Gasteiger partial charge is 0.313 e. The highest BCUT2D eigenvalue weighted by Gasteiger charge is 2.37. The van der Waals surface area contributed by atoms with Crippen LogP contribution in [0.15, 0.2) is 41.3 Å². The van der Waals surface area contributed by atoms with Crippen molar-refractivity contribution >= 4 is 39.1 Å². The lowest BCUT2D eigenvalue weighted by Crippen LogP contribution is -2.45. The average Bonchev–Trinajstić information content (AvgIpc) is 3.16. The van der Waals surface area contributed by atoms with Crippen molar-refractivity contribution in [1.29, 1.82) is 0 Å². The molecule has 1 aliphatic heterocycles. The van der Waals surface area contributed by atoms with Crippen LogP contribution in [0.5, 0.6) is 0 Å². The Labute approximate surface area is 187 Å². The van der Waals surface area contributed by atoms with Crippen molar-refractivity contribution in [2.45, 2.75) is 44.6 Å². The van der Waals surface area contributed by atoms with Crippen molar-refractivity contribution in [2.75, 3.05) is 18.4 Å². The number of nitrogens with one attached hydrogen (secondary N) is 2. The zero-order chi connectivity index (χ0) is 22.8. The Morgan fingerprint density at radius 1 is 1.06 bits per heavy atom. The molecule has 0 radical (unpaired) electrons. The summed E-state index contributed by atoms with van der Waals surface area (Å²) in [5, 5.41) is 5.57. The lowest BCUT2D eigenvalue weighted by atomic mass is 10.1. The Kier molecular flexibility index (Phi) is 7.03. The topological polar surface area (TPSA) is 95.6 Å². The van der Waals surface area contributed by atoms with Gasteiger partial charge in [0.2, 0.25) is 10.0 Å². The van der Waals surface area contributed by atoms with Gasteiger partial charge in [-0.1, -0.05) is 29.3 Å². The number of carbonyl (C=O) groups excluding carboxylic acids is 2. The summed E-state index contributed by atoms with van der Waals surface area (Å²) in [7, 11) is -3.72. The number of hydrogen-bond donors (Lipinski definition) is 2. The summed E-state index contributed by atoms with van der Waals surface area (Å²) in [5.74, 6) is -1.64. The molecule has 2 N–H and O–H groups in total. The molecule has 3 rings (SSSR count). The van der Waals surface area contributed by atoms with E-state index in [1.165, 1.54) is 4.31 Å². The van der Waals surface area contributed by atoms with Crippen LogP contribution in [0.3, 0.4) is 0 Å². The molecule has 2 aromatic carbocycles. The molecular formula is C22H26ClN3O4S. The highest BCUT2D eigenvalue weighted by atomic mass is 35.5. The summed E-state index contributed by atoms with van der Waals surface area (Å²) >= 11 is 5.81. The number of benzene rings is 2. The van der Waals surface area contributed by atoms with Gasteiger partial charge in [-0.25, -0.2) is 8.42 Å². The quantitative estimate of drug-likeness (QED) is 0.666. The van der Waals surface area contributed by atoms with Crippen LogP contribution < -0.4 is 10.6 Å². The number of rotatable bonds is 5. The van der Waals surface area contributed by atoms with E-state index < -0.39 is 27.9 Å². The highest BCUT2D eigenvalue weighted by molar-refractivity contribution is 7.89. The Hall–Kier alpha value is -2.42. The van der Waals surface area contributed by atoms with Gasteiger partial charge in [0, 0.05) is 29.8 Å². The molecule has 1 saturated heterocycles. The molecule has 0 saturated carbocycles. The third-order valence-electron chi connectivity index (χ3n) is 5.30. The number of nitrogens with zero attached hydrogens (tertiary/aromatic N) is 1. The van der Waals surface area contributed by atoms with Gasteiger partial charge in [-0.3, -0.25) is 9.59 Å². The first kappa shape index (κ1) is 23.2. The van der Waals surface area contributed by atoms with E-state index in [9.17, 15) is 18.0 Å². The van der Waals surface area contributed by atoms with Crippen molar-refractivity contribution < 1.29 is 18.0 Å². The van der Waals surface area contributed by atoms with Crippen LogP contribution in [0.2, 0.25) is 5.02 Å². The maximum absolute atomic E-state index is 13.4. The van der Waals surface area contributed by atoms with E-state index in [0.717, 1.165) is 5.56 Å². The van der Waals surface area contributed by atoms with Gasteiger partial charge in [0.15, 0.2) is 0 Å². The second kappa shape index (κ2) is 9.38. The van der Waals surface area contributed by atoms with Crippen LogP contribution in [0.1, 0.15) is 29.5 Å². The fourth-order valence-electron chi connectivity index (χ4n) is 4.03. The fourth-order valence-corrected chi connectivity index (χ4v) is 6.27. The Morgan fingerprint density at radius 2 is 1.68 bits per heavy atom. The predicted molar refractivity (Wildman–Crippen MR) is 121 cm³/mol. The summed E-state index contributed by atoms with van der Waals surface area (Å²) in [5.41, 5.74) is 2.86. The predicted octanol–water partition coefficient (Wildman–Crippen LogP) is 3.17. The second-order valence-corrected chi connectivity index (χ2v) is 10.1. The summed E-state index contributed by atoms with van der Waals surface area (Å²) < 4.78 is 28.2. The minimum atomic E-state index is -3.72. The summed E-state index contributed by atoms with van der Waals surface area (Å²) in [4.78, 5) is 24.7. The maximum atomic E-state index is 13.4. The van der Waals surface area contributed by atoms with E-state index in [-0.39, 0.29) is 6.54 Å². The molecule has 0 spiro atoms. The molecule has 31 heavy (non-hydrogen) atoms. The third-order valence-corrected chi connectivity index (χ3v) is 7.81. The number of hydrogen-bond acceptors (Lipinski definition) is 4. The van der Waals surface area contributed by atoms with Crippen LogP contribution in [-0.2, 0) is 19.6 Å². The minimum absolute atomic E-state index is 0.0655. The highest BCUT2D eigenvalue weighted by Crippen LogP contribution is 2.30. The number of aryl methyl sites for hydroxylation is 3. The number of sulfonamides is 1. The standard InChI is InChI=1S/C22H26ClN3O4S/c1-14-11-15(2)20(16(3)12-14)31(29,30)26-10-4-5-19(26)13-24-21(27)22(28)25-18-8-6-17(23)7-9-18/h6-9,11-12,19H,4-5,10,13H2,1-3H3,(H,24,27)(H,25,28)/t19-/m0/s1. The van der Waals surface area contributed by atoms with Gasteiger partial charge >= 0.3 is 11.8 Å². The van der Waals surface area contributed by atoms with Gasteiger partial charge in [0.05, 0.1) is 4.90 Å². The second-order valence-electron chi connectivity index (χ2n) is 7.81. The SMILES string of the molecule is Cc1cc(C)c(S(=O)(=O)N2CCC[C@H]2CNC(=O)C(=O)Nc2ccc(Cl)cc2)c(C)c1. The molecule has 1 fully saturated rings. The van der Waals surface area contributed by atoms with Gasteiger partial charge in [0.1, 0.15) is 0 Å². The molecule has 2 aromatic rings. The molecule has 166 valence electrons. The lowest BCUT2D eigenvalue weighted by Gasteiger charge is -2.26. The number of halogens is 1. The first-order chi connectivity index (χ1) is 14.6. The van der Waals surface area contributed by atoms with Crippen LogP contribution >= 0.6 is 11.6 Å². The molecule has 9 heteroatoms. The van der Waals surface area contributed by atoms with Crippen LogP contribution in [0, 0.1) is 20.8 Å². The summed E-state index contributed by atoms with van der Waals surface area (Å²) in [6.45, 7) is 5.96. The maximum Gasteiger partial charge on any atom is 0.313 e. The van der Waals surface area contributed by atoms with Crippen LogP contribution in [-0.4, -0.2) is 43.7 Å². The molecule has 1 heterocycles. The van der Waals surface area contributed by atoms with Gasteiger partial charge in [-0.15, -0.1) is 0 Å². The third kappa shape index (κ3) is 5.26.